The number of carbonyl (C=O) groups excluding carboxylic acids is 1. The lowest BCUT2D eigenvalue weighted by Crippen LogP contribution is -2.13. The summed E-state index contributed by atoms with van der Waals surface area (Å²) in [5, 5.41) is 1.41. The zero-order valence-electron chi connectivity index (χ0n) is 13.3. The second-order valence-corrected chi connectivity index (χ2v) is 9.42. The molecule has 0 saturated carbocycles. The van der Waals surface area contributed by atoms with Gasteiger partial charge in [-0.25, -0.2) is 8.42 Å². The Morgan fingerprint density at radius 2 is 1.92 bits per heavy atom. The summed E-state index contributed by atoms with van der Waals surface area (Å²) in [7, 11) is -3.74. The first-order valence-corrected chi connectivity index (χ1v) is 10.4. The molecule has 25 heavy (non-hydrogen) atoms. The fourth-order valence-electron chi connectivity index (χ4n) is 3.13. The zero-order chi connectivity index (χ0) is 17.8. The summed E-state index contributed by atoms with van der Waals surface area (Å²) in [5.74, 6) is 0.0590. The van der Waals surface area contributed by atoms with Crippen LogP contribution >= 0.6 is 22.9 Å². The summed E-state index contributed by atoms with van der Waals surface area (Å²) in [4.78, 5) is 11.9. The third-order valence-corrected chi connectivity index (χ3v) is 7.89. The fourth-order valence-corrected chi connectivity index (χ4v) is 6.10. The average Bonchev–Trinajstić information content (AvgIpc) is 3.09. The number of fused-ring (bicyclic) bond motifs is 2. The molecule has 3 aromatic rings. The molecule has 0 radical (unpaired) electrons. The van der Waals surface area contributed by atoms with Gasteiger partial charge in [-0.3, -0.25) is 9.52 Å². The SMILES string of the molecule is Cc1c(S(=O)(=O)Nc2ccc3c(c2)C(=O)CC3)sc2ccc(Cl)cc12. The predicted molar refractivity (Wildman–Crippen MR) is 101 cm³/mol. The largest absolute Gasteiger partial charge is 0.294 e. The first kappa shape index (κ1) is 16.6. The van der Waals surface area contributed by atoms with Gasteiger partial charge in [0.25, 0.3) is 10.0 Å². The van der Waals surface area contributed by atoms with Crippen molar-refractivity contribution < 1.29 is 13.2 Å². The van der Waals surface area contributed by atoms with E-state index in [1.54, 1.807) is 31.2 Å². The third kappa shape index (κ3) is 2.84. The Hall–Kier alpha value is -1.89. The minimum Gasteiger partial charge on any atom is -0.294 e. The molecule has 4 rings (SSSR count). The molecular formula is C18H14ClNO3S2. The Morgan fingerprint density at radius 1 is 1.12 bits per heavy atom. The summed E-state index contributed by atoms with van der Waals surface area (Å²) in [6, 6.07) is 10.5. The number of nitrogens with one attached hydrogen (secondary N) is 1. The lowest BCUT2D eigenvalue weighted by atomic mass is 10.1. The van der Waals surface area contributed by atoms with Gasteiger partial charge >= 0.3 is 0 Å². The van der Waals surface area contributed by atoms with Crippen molar-refractivity contribution in [3.8, 4) is 0 Å². The van der Waals surface area contributed by atoms with Gasteiger partial charge in [-0.15, -0.1) is 11.3 Å². The van der Waals surface area contributed by atoms with Crippen molar-refractivity contribution in [3.05, 3.63) is 58.1 Å². The minimum atomic E-state index is -3.74. The highest BCUT2D eigenvalue weighted by atomic mass is 35.5. The molecule has 1 aliphatic rings. The van der Waals surface area contributed by atoms with Crippen LogP contribution in [-0.4, -0.2) is 14.2 Å². The van der Waals surface area contributed by atoms with E-state index in [1.165, 1.54) is 11.3 Å². The molecule has 128 valence electrons. The number of ketones is 1. The van der Waals surface area contributed by atoms with Gasteiger partial charge in [-0.2, -0.15) is 0 Å². The number of carbonyl (C=O) groups is 1. The molecule has 4 nitrogen and oxygen atoms in total. The maximum Gasteiger partial charge on any atom is 0.271 e. The Morgan fingerprint density at radius 3 is 2.72 bits per heavy atom. The first-order valence-electron chi connectivity index (χ1n) is 7.73. The number of hydrogen-bond donors (Lipinski definition) is 1. The van der Waals surface area contributed by atoms with Gasteiger partial charge in [0, 0.05) is 27.4 Å². The highest BCUT2D eigenvalue weighted by Gasteiger charge is 2.24. The summed E-state index contributed by atoms with van der Waals surface area (Å²) in [6.07, 6.45) is 1.21. The summed E-state index contributed by atoms with van der Waals surface area (Å²) in [6.45, 7) is 1.77. The van der Waals surface area contributed by atoms with Crippen LogP contribution in [0.5, 0.6) is 0 Å². The second kappa shape index (κ2) is 5.83. The van der Waals surface area contributed by atoms with Gasteiger partial charge in [-0.1, -0.05) is 17.7 Å². The number of benzene rings is 2. The molecule has 0 bridgehead atoms. The van der Waals surface area contributed by atoms with Crippen LogP contribution in [0.2, 0.25) is 5.02 Å². The van der Waals surface area contributed by atoms with E-state index < -0.39 is 10.0 Å². The molecule has 0 fully saturated rings. The lowest BCUT2D eigenvalue weighted by Gasteiger charge is -2.09. The van der Waals surface area contributed by atoms with Crippen molar-refractivity contribution in [1.82, 2.24) is 0 Å². The fraction of sp³-hybridized carbons (Fsp3) is 0.167. The minimum absolute atomic E-state index is 0.0590. The van der Waals surface area contributed by atoms with E-state index in [-0.39, 0.29) is 9.99 Å². The number of halogens is 1. The topological polar surface area (TPSA) is 63.2 Å². The van der Waals surface area contributed by atoms with Gasteiger partial charge in [0.05, 0.1) is 0 Å². The second-order valence-electron chi connectivity index (χ2n) is 6.06. The van der Waals surface area contributed by atoms with Gasteiger partial charge < -0.3 is 0 Å². The molecule has 1 N–H and O–H groups in total. The summed E-state index contributed by atoms with van der Waals surface area (Å²) in [5.41, 5.74) is 2.66. The van der Waals surface area contributed by atoms with Gasteiger partial charge in [0.1, 0.15) is 4.21 Å². The van der Waals surface area contributed by atoms with Crippen molar-refractivity contribution in [2.45, 2.75) is 24.0 Å². The van der Waals surface area contributed by atoms with Crippen molar-refractivity contribution in [2.75, 3.05) is 4.72 Å². The molecule has 1 aliphatic carbocycles. The van der Waals surface area contributed by atoms with Gasteiger partial charge in [0.2, 0.25) is 0 Å². The Labute approximate surface area is 154 Å². The molecule has 1 heterocycles. The highest BCUT2D eigenvalue weighted by Crippen LogP contribution is 2.36. The molecule has 7 heteroatoms. The predicted octanol–water partition coefficient (Wildman–Crippen LogP) is 4.79. The number of Topliss-reactive ketones (excluding diaryl/α,β-unsaturated/α-hetero) is 1. The van der Waals surface area contributed by atoms with E-state index in [9.17, 15) is 13.2 Å². The molecule has 0 spiro atoms. The normalized spacial score (nSPS) is 14.1. The number of sulfonamides is 1. The molecule has 0 aliphatic heterocycles. The van der Waals surface area contributed by atoms with Crippen LogP contribution in [0.15, 0.2) is 40.6 Å². The Bertz CT molecular complexity index is 1130. The molecule has 0 unspecified atom stereocenters. The molecule has 0 saturated heterocycles. The molecule has 1 aromatic heterocycles. The van der Waals surface area contributed by atoms with Gasteiger partial charge in [-0.05, 0) is 60.2 Å². The summed E-state index contributed by atoms with van der Waals surface area (Å²) >= 11 is 7.23. The van der Waals surface area contributed by atoms with E-state index in [0.717, 1.165) is 22.1 Å². The van der Waals surface area contributed by atoms with Gasteiger partial charge in [0.15, 0.2) is 5.78 Å². The van der Waals surface area contributed by atoms with E-state index in [0.29, 0.717) is 28.3 Å². The first-order chi connectivity index (χ1) is 11.8. The monoisotopic (exact) mass is 391 g/mol. The Kier molecular flexibility index (Phi) is 3.86. The maximum atomic E-state index is 12.8. The van der Waals surface area contributed by atoms with Crippen molar-refractivity contribution in [2.24, 2.45) is 0 Å². The highest BCUT2D eigenvalue weighted by molar-refractivity contribution is 7.94. The van der Waals surface area contributed by atoms with Crippen LogP contribution < -0.4 is 4.72 Å². The Balaban J connectivity index is 1.75. The van der Waals surface area contributed by atoms with Crippen LogP contribution in [-0.2, 0) is 16.4 Å². The number of anilines is 1. The van der Waals surface area contributed by atoms with Crippen LogP contribution in [0, 0.1) is 6.92 Å². The zero-order valence-corrected chi connectivity index (χ0v) is 15.7. The van der Waals surface area contributed by atoms with E-state index in [1.807, 2.05) is 12.1 Å². The molecule has 0 amide bonds. The maximum absolute atomic E-state index is 12.8. The lowest BCUT2D eigenvalue weighted by molar-refractivity contribution is 0.0994. The van der Waals surface area contributed by atoms with Crippen LogP contribution in [0.3, 0.4) is 0 Å². The average molecular weight is 392 g/mol. The molecule has 2 aromatic carbocycles. The number of aryl methyl sites for hydroxylation is 2. The smallest absolute Gasteiger partial charge is 0.271 e. The van der Waals surface area contributed by atoms with Crippen LogP contribution in [0.4, 0.5) is 5.69 Å². The van der Waals surface area contributed by atoms with E-state index in [2.05, 4.69) is 4.72 Å². The third-order valence-electron chi connectivity index (χ3n) is 4.38. The van der Waals surface area contributed by atoms with Crippen molar-refractivity contribution in [3.63, 3.8) is 0 Å². The van der Waals surface area contributed by atoms with Crippen molar-refractivity contribution >= 4 is 54.5 Å². The molecule has 0 atom stereocenters. The summed E-state index contributed by atoms with van der Waals surface area (Å²) < 4.78 is 29.4. The number of thiophene rings is 1. The number of hydrogen-bond acceptors (Lipinski definition) is 4. The number of rotatable bonds is 3. The van der Waals surface area contributed by atoms with E-state index in [4.69, 9.17) is 11.6 Å². The molecular weight excluding hydrogens is 378 g/mol. The van der Waals surface area contributed by atoms with Crippen LogP contribution in [0.1, 0.15) is 27.9 Å². The standard InChI is InChI=1S/C18H14ClNO3S2/c1-10-14-8-12(19)4-7-17(14)24-18(10)25(22,23)20-13-5-2-11-3-6-16(21)15(11)9-13/h2,4-5,7-9,20H,3,6H2,1H3. The van der Waals surface area contributed by atoms with Crippen LogP contribution in [0.25, 0.3) is 10.1 Å². The van der Waals surface area contributed by atoms with Crippen molar-refractivity contribution in [1.29, 1.82) is 0 Å². The quantitative estimate of drug-likeness (QED) is 0.697. The van der Waals surface area contributed by atoms with E-state index >= 15 is 0 Å².